The first-order chi connectivity index (χ1) is 8.72. The summed E-state index contributed by atoms with van der Waals surface area (Å²) in [6.07, 6.45) is 2.90. The standard InChI is InChI=1S/C14H18Cl2N2.2ClH/c1-2-3-14(18-8-6-17-7-9-18)11-4-5-12(15)13(16)10-11;;/h2,4-5,10,14,17H,1,3,6-9H2;2*1H/t14-;;/m0../s1. The van der Waals surface area contributed by atoms with E-state index in [-0.39, 0.29) is 24.8 Å². The third kappa shape index (κ3) is 5.10. The molecule has 6 heteroatoms. The second kappa shape index (κ2) is 9.88. The molecule has 0 radical (unpaired) electrons. The molecule has 1 aliphatic rings. The molecule has 2 nitrogen and oxygen atoms in total. The lowest BCUT2D eigenvalue weighted by atomic mass is 10.0. The van der Waals surface area contributed by atoms with E-state index in [1.54, 1.807) is 0 Å². The highest BCUT2D eigenvalue weighted by atomic mass is 35.5. The first-order valence-corrected chi connectivity index (χ1v) is 6.98. The summed E-state index contributed by atoms with van der Waals surface area (Å²) in [6, 6.07) is 6.25. The minimum atomic E-state index is 0. The zero-order chi connectivity index (χ0) is 13.0. The zero-order valence-corrected chi connectivity index (χ0v) is 14.3. The molecule has 0 spiro atoms. The Morgan fingerprint density at radius 3 is 2.40 bits per heavy atom. The van der Waals surface area contributed by atoms with Crippen LogP contribution in [0.2, 0.25) is 10.0 Å². The third-order valence-electron chi connectivity index (χ3n) is 3.31. The summed E-state index contributed by atoms with van der Waals surface area (Å²) in [6.45, 7) is 8.04. The molecule has 1 aliphatic heterocycles. The molecule has 114 valence electrons. The summed E-state index contributed by atoms with van der Waals surface area (Å²) in [5.74, 6) is 0. The van der Waals surface area contributed by atoms with Crippen LogP contribution in [0.25, 0.3) is 0 Å². The lowest BCUT2D eigenvalue weighted by Crippen LogP contribution is -2.45. The van der Waals surface area contributed by atoms with Gasteiger partial charge in [0, 0.05) is 32.2 Å². The van der Waals surface area contributed by atoms with Crippen molar-refractivity contribution in [3.05, 3.63) is 46.5 Å². The van der Waals surface area contributed by atoms with Crippen LogP contribution < -0.4 is 5.32 Å². The molecular weight excluding hydrogens is 338 g/mol. The molecule has 0 amide bonds. The van der Waals surface area contributed by atoms with Gasteiger partial charge in [0.25, 0.3) is 0 Å². The summed E-state index contributed by atoms with van der Waals surface area (Å²) in [7, 11) is 0. The Labute approximate surface area is 143 Å². The zero-order valence-electron chi connectivity index (χ0n) is 11.1. The van der Waals surface area contributed by atoms with E-state index in [1.807, 2.05) is 18.2 Å². The summed E-state index contributed by atoms with van der Waals surface area (Å²) >= 11 is 12.1. The normalized spacial score (nSPS) is 16.7. The van der Waals surface area contributed by atoms with Crippen molar-refractivity contribution in [3.8, 4) is 0 Å². The van der Waals surface area contributed by atoms with E-state index >= 15 is 0 Å². The maximum Gasteiger partial charge on any atom is 0.0595 e. The minimum Gasteiger partial charge on any atom is -0.314 e. The highest BCUT2D eigenvalue weighted by molar-refractivity contribution is 6.42. The molecule has 1 aromatic rings. The minimum absolute atomic E-state index is 0. The summed E-state index contributed by atoms with van der Waals surface area (Å²) in [5, 5.41) is 4.60. The lowest BCUT2D eigenvalue weighted by molar-refractivity contribution is 0.174. The van der Waals surface area contributed by atoms with Gasteiger partial charge in [-0.15, -0.1) is 31.4 Å². The van der Waals surface area contributed by atoms with Crippen molar-refractivity contribution in [2.75, 3.05) is 26.2 Å². The molecule has 0 unspecified atom stereocenters. The smallest absolute Gasteiger partial charge is 0.0595 e. The second-order valence-corrected chi connectivity index (χ2v) is 5.31. The van der Waals surface area contributed by atoms with Crippen LogP contribution in [-0.4, -0.2) is 31.1 Å². The average molecular weight is 358 g/mol. The van der Waals surface area contributed by atoms with E-state index in [4.69, 9.17) is 23.2 Å². The SMILES string of the molecule is C=CC[C@@H](c1ccc(Cl)c(Cl)c1)N1CCNCC1.Cl.Cl. The van der Waals surface area contributed by atoms with Gasteiger partial charge in [0.05, 0.1) is 10.0 Å². The second-order valence-electron chi connectivity index (χ2n) is 4.50. The van der Waals surface area contributed by atoms with Gasteiger partial charge in [0.15, 0.2) is 0 Å². The number of hydrogen-bond donors (Lipinski definition) is 1. The van der Waals surface area contributed by atoms with Gasteiger partial charge in [-0.05, 0) is 24.1 Å². The molecule has 0 aliphatic carbocycles. The van der Waals surface area contributed by atoms with Crippen LogP contribution in [0.1, 0.15) is 18.0 Å². The monoisotopic (exact) mass is 356 g/mol. The van der Waals surface area contributed by atoms with Gasteiger partial charge in [-0.1, -0.05) is 35.3 Å². The van der Waals surface area contributed by atoms with Crippen LogP contribution in [-0.2, 0) is 0 Å². The number of hydrogen-bond acceptors (Lipinski definition) is 2. The maximum absolute atomic E-state index is 6.11. The van der Waals surface area contributed by atoms with Crippen molar-refractivity contribution in [2.45, 2.75) is 12.5 Å². The first kappa shape index (κ1) is 20.0. The number of halogens is 4. The summed E-state index contributed by atoms with van der Waals surface area (Å²) < 4.78 is 0. The average Bonchev–Trinajstić information content (AvgIpc) is 2.40. The van der Waals surface area contributed by atoms with Crippen LogP contribution in [0.5, 0.6) is 0 Å². The first-order valence-electron chi connectivity index (χ1n) is 6.23. The molecule has 1 aromatic carbocycles. The molecule has 2 rings (SSSR count). The van der Waals surface area contributed by atoms with Gasteiger partial charge in [-0.25, -0.2) is 0 Å². The number of nitrogens with one attached hydrogen (secondary N) is 1. The Morgan fingerprint density at radius 2 is 1.85 bits per heavy atom. The van der Waals surface area contributed by atoms with E-state index < -0.39 is 0 Å². The van der Waals surface area contributed by atoms with Crippen LogP contribution in [0.15, 0.2) is 30.9 Å². The highest BCUT2D eigenvalue weighted by Gasteiger charge is 2.21. The molecule has 1 fully saturated rings. The predicted molar refractivity (Wildman–Crippen MR) is 93.0 cm³/mol. The Hall–Kier alpha value is 0.0400. The van der Waals surface area contributed by atoms with Crippen molar-refractivity contribution in [1.29, 1.82) is 0 Å². The molecule has 20 heavy (non-hydrogen) atoms. The molecule has 0 saturated carbocycles. The number of rotatable bonds is 4. The topological polar surface area (TPSA) is 15.3 Å². The highest BCUT2D eigenvalue weighted by Crippen LogP contribution is 2.30. The van der Waals surface area contributed by atoms with Gasteiger partial charge in [0.2, 0.25) is 0 Å². The van der Waals surface area contributed by atoms with Crippen LogP contribution in [0.3, 0.4) is 0 Å². The van der Waals surface area contributed by atoms with Crippen LogP contribution in [0, 0.1) is 0 Å². The molecule has 1 N–H and O–H groups in total. The van der Waals surface area contributed by atoms with E-state index in [9.17, 15) is 0 Å². The molecule has 1 saturated heterocycles. The van der Waals surface area contributed by atoms with Crippen molar-refractivity contribution >= 4 is 48.0 Å². The largest absolute Gasteiger partial charge is 0.314 e. The summed E-state index contributed by atoms with van der Waals surface area (Å²) in [4.78, 5) is 2.47. The third-order valence-corrected chi connectivity index (χ3v) is 4.05. The lowest BCUT2D eigenvalue weighted by Gasteiger charge is -2.35. The Bertz CT molecular complexity index is 420. The predicted octanol–water partition coefficient (Wildman–Crippen LogP) is 4.36. The molecule has 0 bridgehead atoms. The molecule has 0 aromatic heterocycles. The molecule has 1 heterocycles. The van der Waals surface area contributed by atoms with Gasteiger partial charge in [0.1, 0.15) is 0 Å². The fraction of sp³-hybridized carbons (Fsp3) is 0.429. The Morgan fingerprint density at radius 1 is 1.20 bits per heavy atom. The molecule has 1 atom stereocenters. The number of benzene rings is 1. The van der Waals surface area contributed by atoms with Crippen molar-refractivity contribution in [3.63, 3.8) is 0 Å². The Balaban J connectivity index is 0.00000180. The van der Waals surface area contributed by atoms with Gasteiger partial charge in [-0.3, -0.25) is 4.90 Å². The fourth-order valence-electron chi connectivity index (χ4n) is 2.37. The van der Waals surface area contributed by atoms with E-state index in [2.05, 4.69) is 22.9 Å². The van der Waals surface area contributed by atoms with Crippen molar-refractivity contribution < 1.29 is 0 Å². The van der Waals surface area contributed by atoms with Gasteiger partial charge < -0.3 is 5.32 Å². The van der Waals surface area contributed by atoms with Crippen LogP contribution >= 0.6 is 48.0 Å². The van der Waals surface area contributed by atoms with Crippen molar-refractivity contribution in [2.24, 2.45) is 0 Å². The van der Waals surface area contributed by atoms with E-state index in [0.29, 0.717) is 16.1 Å². The fourth-order valence-corrected chi connectivity index (χ4v) is 2.67. The van der Waals surface area contributed by atoms with E-state index in [1.165, 1.54) is 5.56 Å². The summed E-state index contributed by atoms with van der Waals surface area (Å²) in [5.41, 5.74) is 1.21. The number of nitrogens with zero attached hydrogens (tertiary/aromatic N) is 1. The van der Waals surface area contributed by atoms with Crippen LogP contribution in [0.4, 0.5) is 0 Å². The molecular formula is C14H20Cl4N2. The maximum atomic E-state index is 6.11. The quantitative estimate of drug-likeness (QED) is 0.805. The van der Waals surface area contributed by atoms with Crippen molar-refractivity contribution in [1.82, 2.24) is 10.2 Å². The van der Waals surface area contributed by atoms with E-state index in [0.717, 1.165) is 32.6 Å². The number of piperazine rings is 1. The van der Waals surface area contributed by atoms with Gasteiger partial charge >= 0.3 is 0 Å². The van der Waals surface area contributed by atoms with Gasteiger partial charge in [-0.2, -0.15) is 0 Å². The Kier molecular flexibility index (Phi) is 9.90.